The van der Waals surface area contributed by atoms with Crippen molar-refractivity contribution in [2.75, 3.05) is 6.54 Å². The standard InChI is InChI=1S/C28H26N4O3/c33-26-9-8-25(27(34)30-26)32-16-21-14-20(6-7-23(21)28(32)35)24-13-19(10-11-29-24)15-31-17-22(31)12-18-4-2-1-3-5-18/h1-7,10-11,13-14,22,25H,8-9,12,15-17H2,(H,30,33,34). The minimum absolute atomic E-state index is 0.159. The maximum absolute atomic E-state index is 13.0. The van der Waals surface area contributed by atoms with E-state index in [4.69, 9.17) is 0 Å². The maximum atomic E-state index is 13.0. The second kappa shape index (κ2) is 8.74. The van der Waals surface area contributed by atoms with Gasteiger partial charge in [-0.25, -0.2) is 0 Å². The SMILES string of the molecule is O=C1CCC(N2Cc3cc(-c4cc(CN5CC5Cc5ccccc5)ccn4)ccc3C2=O)C(=O)N1. The second-order valence-electron chi connectivity index (χ2n) is 9.59. The van der Waals surface area contributed by atoms with E-state index in [-0.39, 0.29) is 18.2 Å². The van der Waals surface area contributed by atoms with Crippen molar-refractivity contribution in [3.8, 4) is 11.3 Å². The van der Waals surface area contributed by atoms with E-state index in [2.05, 4.69) is 51.6 Å². The minimum atomic E-state index is -0.603. The molecule has 3 unspecified atom stereocenters. The molecule has 35 heavy (non-hydrogen) atoms. The molecule has 0 saturated carbocycles. The number of hydrogen-bond donors (Lipinski definition) is 1. The third-order valence-electron chi connectivity index (χ3n) is 7.17. The molecule has 176 valence electrons. The number of amides is 3. The average molecular weight is 467 g/mol. The number of rotatable bonds is 6. The van der Waals surface area contributed by atoms with Gasteiger partial charge in [-0.2, -0.15) is 0 Å². The first-order valence-electron chi connectivity index (χ1n) is 12.1. The highest BCUT2D eigenvalue weighted by Crippen LogP contribution is 2.31. The largest absolute Gasteiger partial charge is 0.322 e. The molecular weight excluding hydrogens is 440 g/mol. The molecule has 0 aliphatic carbocycles. The number of pyridine rings is 1. The van der Waals surface area contributed by atoms with Gasteiger partial charge < -0.3 is 4.90 Å². The van der Waals surface area contributed by atoms with Crippen LogP contribution in [0, 0.1) is 0 Å². The molecule has 2 aromatic carbocycles. The topological polar surface area (TPSA) is 82.4 Å². The fourth-order valence-electron chi connectivity index (χ4n) is 5.20. The first kappa shape index (κ1) is 21.7. The number of fused-ring (bicyclic) bond motifs is 1. The van der Waals surface area contributed by atoms with Crippen molar-refractivity contribution in [2.45, 2.75) is 44.4 Å². The molecule has 1 N–H and O–H groups in total. The van der Waals surface area contributed by atoms with Gasteiger partial charge in [0.15, 0.2) is 0 Å². The zero-order valence-electron chi connectivity index (χ0n) is 19.3. The lowest BCUT2D eigenvalue weighted by Gasteiger charge is -2.29. The first-order chi connectivity index (χ1) is 17.0. The number of nitrogens with one attached hydrogen (secondary N) is 1. The molecule has 2 saturated heterocycles. The Balaban J connectivity index is 1.15. The summed E-state index contributed by atoms with van der Waals surface area (Å²) in [5.74, 6) is -0.830. The third kappa shape index (κ3) is 4.35. The number of imide groups is 1. The van der Waals surface area contributed by atoms with Crippen LogP contribution in [-0.4, -0.2) is 51.1 Å². The normalized spacial score (nSPS) is 23.3. The van der Waals surface area contributed by atoms with Gasteiger partial charge in [-0.15, -0.1) is 0 Å². The Kier molecular flexibility index (Phi) is 5.41. The van der Waals surface area contributed by atoms with Crippen LogP contribution in [0.5, 0.6) is 0 Å². The molecule has 0 radical (unpaired) electrons. The Hall–Kier alpha value is -3.84. The molecule has 3 amide bonds. The summed E-state index contributed by atoms with van der Waals surface area (Å²) in [6, 6.07) is 20.5. The van der Waals surface area contributed by atoms with E-state index >= 15 is 0 Å². The van der Waals surface area contributed by atoms with Crippen molar-refractivity contribution in [3.63, 3.8) is 0 Å². The molecule has 3 aliphatic rings. The van der Waals surface area contributed by atoms with Crippen molar-refractivity contribution in [3.05, 3.63) is 89.1 Å². The number of piperidine rings is 1. The van der Waals surface area contributed by atoms with Gasteiger partial charge >= 0.3 is 0 Å². The smallest absolute Gasteiger partial charge is 0.255 e. The van der Waals surface area contributed by atoms with Crippen molar-refractivity contribution in [2.24, 2.45) is 0 Å². The van der Waals surface area contributed by atoms with Crippen LogP contribution in [0.3, 0.4) is 0 Å². The van der Waals surface area contributed by atoms with Gasteiger partial charge in [0.2, 0.25) is 11.8 Å². The Bertz CT molecular complexity index is 1320. The number of benzene rings is 2. The monoisotopic (exact) mass is 466 g/mol. The summed E-state index contributed by atoms with van der Waals surface area (Å²) in [7, 11) is 0. The van der Waals surface area contributed by atoms with E-state index in [0.717, 1.165) is 36.3 Å². The van der Waals surface area contributed by atoms with E-state index in [0.29, 0.717) is 24.6 Å². The molecule has 3 atom stereocenters. The van der Waals surface area contributed by atoms with Crippen molar-refractivity contribution in [1.29, 1.82) is 0 Å². The predicted octanol–water partition coefficient (Wildman–Crippen LogP) is 2.94. The summed E-state index contributed by atoms with van der Waals surface area (Å²) in [6.07, 6.45) is 3.53. The van der Waals surface area contributed by atoms with E-state index < -0.39 is 11.9 Å². The molecule has 4 heterocycles. The van der Waals surface area contributed by atoms with Crippen LogP contribution in [0.15, 0.2) is 66.9 Å². The quantitative estimate of drug-likeness (QED) is 0.446. The van der Waals surface area contributed by atoms with Crippen LogP contribution in [0.1, 0.15) is 39.9 Å². The van der Waals surface area contributed by atoms with Crippen LogP contribution >= 0.6 is 0 Å². The Morgan fingerprint density at radius 3 is 2.66 bits per heavy atom. The van der Waals surface area contributed by atoms with Crippen LogP contribution < -0.4 is 5.32 Å². The Morgan fingerprint density at radius 2 is 1.83 bits per heavy atom. The number of nitrogens with zero attached hydrogens (tertiary/aromatic N) is 3. The van der Waals surface area contributed by atoms with Crippen LogP contribution in [0.25, 0.3) is 11.3 Å². The summed E-state index contributed by atoms with van der Waals surface area (Å²) >= 11 is 0. The molecule has 7 nitrogen and oxygen atoms in total. The van der Waals surface area contributed by atoms with Gasteiger partial charge in [-0.3, -0.25) is 29.6 Å². The maximum Gasteiger partial charge on any atom is 0.255 e. The van der Waals surface area contributed by atoms with E-state index in [1.54, 1.807) is 4.90 Å². The molecule has 7 heteroatoms. The molecule has 1 aromatic heterocycles. The highest BCUT2D eigenvalue weighted by molar-refractivity contribution is 6.05. The summed E-state index contributed by atoms with van der Waals surface area (Å²) in [5, 5.41) is 2.35. The summed E-state index contributed by atoms with van der Waals surface area (Å²) in [6.45, 7) is 2.35. The summed E-state index contributed by atoms with van der Waals surface area (Å²) in [4.78, 5) is 45.4. The average Bonchev–Trinajstić information content (AvgIpc) is 3.50. The van der Waals surface area contributed by atoms with Gasteiger partial charge in [-0.05, 0) is 53.8 Å². The summed E-state index contributed by atoms with van der Waals surface area (Å²) in [5.41, 5.74) is 5.91. The zero-order valence-corrected chi connectivity index (χ0v) is 19.3. The molecule has 0 spiro atoms. The lowest BCUT2D eigenvalue weighted by molar-refractivity contribution is -0.136. The highest BCUT2D eigenvalue weighted by atomic mass is 16.2. The molecule has 0 bridgehead atoms. The van der Waals surface area contributed by atoms with Crippen molar-refractivity contribution >= 4 is 17.7 Å². The van der Waals surface area contributed by atoms with E-state index in [1.165, 1.54) is 11.1 Å². The van der Waals surface area contributed by atoms with Crippen LogP contribution in [-0.2, 0) is 29.1 Å². The Morgan fingerprint density at radius 1 is 0.971 bits per heavy atom. The van der Waals surface area contributed by atoms with E-state index in [9.17, 15) is 14.4 Å². The number of hydrogen-bond acceptors (Lipinski definition) is 5. The Labute approximate surface area is 203 Å². The van der Waals surface area contributed by atoms with Crippen LogP contribution in [0.2, 0.25) is 0 Å². The predicted molar refractivity (Wildman–Crippen MR) is 130 cm³/mol. The van der Waals surface area contributed by atoms with Gasteiger partial charge in [0.25, 0.3) is 5.91 Å². The molecule has 2 fully saturated rings. The summed E-state index contributed by atoms with van der Waals surface area (Å²) < 4.78 is 0. The lowest BCUT2D eigenvalue weighted by Crippen LogP contribution is -2.52. The minimum Gasteiger partial charge on any atom is -0.322 e. The molecule has 6 rings (SSSR count). The van der Waals surface area contributed by atoms with Gasteiger partial charge in [0.05, 0.1) is 5.69 Å². The van der Waals surface area contributed by atoms with E-state index in [1.807, 2.05) is 30.5 Å². The van der Waals surface area contributed by atoms with Crippen LogP contribution in [0.4, 0.5) is 0 Å². The highest BCUT2D eigenvalue weighted by Gasteiger charge is 2.39. The fraction of sp³-hybridized carbons (Fsp3) is 0.286. The number of carbonyl (C=O) groups is 3. The lowest BCUT2D eigenvalue weighted by atomic mass is 10.0. The van der Waals surface area contributed by atoms with Gasteiger partial charge in [0.1, 0.15) is 6.04 Å². The van der Waals surface area contributed by atoms with Crippen molar-refractivity contribution in [1.82, 2.24) is 20.1 Å². The first-order valence-corrected chi connectivity index (χ1v) is 12.1. The third-order valence-corrected chi connectivity index (χ3v) is 7.17. The molecule has 3 aromatic rings. The zero-order chi connectivity index (χ0) is 23.9. The second-order valence-corrected chi connectivity index (χ2v) is 9.59. The van der Waals surface area contributed by atoms with Gasteiger partial charge in [-0.1, -0.05) is 36.4 Å². The number of carbonyl (C=O) groups excluding carboxylic acids is 3. The number of aromatic nitrogens is 1. The fourth-order valence-corrected chi connectivity index (χ4v) is 5.20. The molecular formula is C28H26N4O3. The molecule has 3 aliphatic heterocycles. The van der Waals surface area contributed by atoms with Crippen molar-refractivity contribution < 1.29 is 14.4 Å². The van der Waals surface area contributed by atoms with Gasteiger partial charge in [0, 0.05) is 49.4 Å².